The van der Waals surface area contributed by atoms with Crippen molar-refractivity contribution in [2.75, 3.05) is 6.61 Å². The van der Waals surface area contributed by atoms with Crippen LogP contribution in [0.1, 0.15) is 53.5 Å². The number of carbonyl (C=O) groups excluding carboxylic acids is 1. The second kappa shape index (κ2) is 10.1. The maximum absolute atomic E-state index is 14.0. The smallest absolute Gasteiger partial charge is 0.358 e. The Hall–Kier alpha value is -3.32. The molecule has 1 aliphatic carbocycles. The van der Waals surface area contributed by atoms with Crippen molar-refractivity contribution >= 4 is 28.7 Å². The first-order valence-electron chi connectivity index (χ1n) is 10.5. The van der Waals surface area contributed by atoms with Gasteiger partial charge in [-0.25, -0.2) is 18.6 Å². The number of aromatic nitrogens is 2. The lowest BCUT2D eigenvalue weighted by atomic mass is 9.99. The van der Waals surface area contributed by atoms with Crippen LogP contribution < -0.4 is 4.74 Å². The minimum atomic E-state index is -0.543. The predicted octanol–water partition coefficient (Wildman–Crippen LogP) is 6.26. The van der Waals surface area contributed by atoms with E-state index in [0.29, 0.717) is 16.5 Å². The molecule has 0 bridgehead atoms. The SMILES string of the molecule is CCOC(=O)c1cncc(C2=C(c3cc(Cl)ccc3OCc3cc(F)ccc3F)CCC2)n1. The summed E-state index contributed by atoms with van der Waals surface area (Å²) in [5.41, 5.74) is 3.47. The van der Waals surface area contributed by atoms with Gasteiger partial charge in [0.2, 0.25) is 0 Å². The van der Waals surface area contributed by atoms with Crippen LogP contribution >= 0.6 is 11.6 Å². The van der Waals surface area contributed by atoms with Crippen LogP contribution in [0.3, 0.4) is 0 Å². The van der Waals surface area contributed by atoms with E-state index in [0.717, 1.165) is 54.2 Å². The summed E-state index contributed by atoms with van der Waals surface area (Å²) in [6.45, 7) is 1.83. The monoisotopic (exact) mass is 470 g/mol. The Morgan fingerprint density at radius 1 is 1.09 bits per heavy atom. The Balaban J connectivity index is 1.70. The highest BCUT2D eigenvalue weighted by molar-refractivity contribution is 6.30. The van der Waals surface area contributed by atoms with Crippen LogP contribution in [0.15, 0.2) is 48.8 Å². The van der Waals surface area contributed by atoms with Crippen LogP contribution in [-0.4, -0.2) is 22.5 Å². The molecular weight excluding hydrogens is 450 g/mol. The van der Waals surface area contributed by atoms with E-state index < -0.39 is 17.6 Å². The molecule has 1 aromatic heterocycles. The number of esters is 1. The topological polar surface area (TPSA) is 61.3 Å². The number of allylic oxidation sites excluding steroid dienone is 2. The number of rotatable bonds is 7. The van der Waals surface area contributed by atoms with Gasteiger partial charge in [0.25, 0.3) is 0 Å². The van der Waals surface area contributed by atoms with Crippen molar-refractivity contribution in [1.82, 2.24) is 9.97 Å². The van der Waals surface area contributed by atoms with E-state index in [1.807, 2.05) is 0 Å². The molecule has 0 radical (unpaired) electrons. The van der Waals surface area contributed by atoms with Crippen LogP contribution in [0.2, 0.25) is 5.02 Å². The minimum Gasteiger partial charge on any atom is -0.488 e. The van der Waals surface area contributed by atoms with Crippen molar-refractivity contribution in [1.29, 1.82) is 0 Å². The average molecular weight is 471 g/mol. The first kappa shape index (κ1) is 22.9. The highest BCUT2D eigenvalue weighted by Gasteiger charge is 2.23. The van der Waals surface area contributed by atoms with E-state index in [9.17, 15) is 13.6 Å². The number of nitrogens with zero attached hydrogens (tertiary/aromatic N) is 2. The van der Waals surface area contributed by atoms with Gasteiger partial charge in [-0.2, -0.15) is 0 Å². The molecule has 170 valence electrons. The molecule has 4 rings (SSSR count). The number of halogens is 3. The zero-order chi connectivity index (χ0) is 23.4. The van der Waals surface area contributed by atoms with Gasteiger partial charge >= 0.3 is 5.97 Å². The molecule has 2 aromatic carbocycles. The highest BCUT2D eigenvalue weighted by atomic mass is 35.5. The van der Waals surface area contributed by atoms with E-state index in [1.165, 1.54) is 6.20 Å². The first-order valence-corrected chi connectivity index (χ1v) is 10.9. The first-order chi connectivity index (χ1) is 16.0. The van der Waals surface area contributed by atoms with Crippen molar-refractivity contribution in [3.63, 3.8) is 0 Å². The van der Waals surface area contributed by atoms with Gasteiger partial charge in [0, 0.05) is 16.1 Å². The molecule has 3 aromatic rings. The van der Waals surface area contributed by atoms with Gasteiger partial charge < -0.3 is 9.47 Å². The van der Waals surface area contributed by atoms with Crippen molar-refractivity contribution in [2.45, 2.75) is 32.8 Å². The highest BCUT2D eigenvalue weighted by Crippen LogP contribution is 2.43. The molecule has 0 spiro atoms. The number of hydrogen-bond donors (Lipinski definition) is 0. The molecule has 0 N–H and O–H groups in total. The Morgan fingerprint density at radius 3 is 2.73 bits per heavy atom. The molecular formula is C25H21ClF2N2O3. The molecule has 0 amide bonds. The Bertz CT molecular complexity index is 1230. The lowest BCUT2D eigenvalue weighted by molar-refractivity contribution is 0.0518. The number of benzene rings is 2. The summed E-state index contributed by atoms with van der Waals surface area (Å²) in [4.78, 5) is 20.7. The molecule has 0 aliphatic heterocycles. The van der Waals surface area contributed by atoms with E-state index in [2.05, 4.69) is 9.97 Å². The molecule has 33 heavy (non-hydrogen) atoms. The standard InChI is InChI=1S/C25H21ClF2N2O3/c1-2-32-25(31)23-13-29-12-22(30-23)19-5-3-4-18(19)20-11-16(26)6-9-24(20)33-14-15-10-17(27)7-8-21(15)28/h6-13H,2-5,14H2,1H3. The van der Waals surface area contributed by atoms with Crippen LogP contribution in [0.5, 0.6) is 5.75 Å². The molecule has 0 saturated carbocycles. The van der Waals surface area contributed by atoms with Crippen LogP contribution in [-0.2, 0) is 11.3 Å². The largest absolute Gasteiger partial charge is 0.488 e. The summed E-state index contributed by atoms with van der Waals surface area (Å²) in [6, 6.07) is 8.41. The third kappa shape index (κ3) is 5.20. The van der Waals surface area contributed by atoms with E-state index in [4.69, 9.17) is 21.1 Å². The zero-order valence-electron chi connectivity index (χ0n) is 17.9. The fraction of sp³-hybridized carbons (Fsp3) is 0.240. The lowest BCUT2D eigenvalue weighted by Crippen LogP contribution is -2.09. The van der Waals surface area contributed by atoms with E-state index >= 15 is 0 Å². The molecule has 0 atom stereocenters. The molecule has 0 fully saturated rings. The van der Waals surface area contributed by atoms with Gasteiger partial charge in [-0.15, -0.1) is 0 Å². The molecule has 5 nitrogen and oxygen atoms in total. The fourth-order valence-electron chi connectivity index (χ4n) is 3.81. The number of hydrogen-bond acceptors (Lipinski definition) is 5. The quantitative estimate of drug-likeness (QED) is 0.381. The second-order valence-corrected chi connectivity index (χ2v) is 7.92. The van der Waals surface area contributed by atoms with Gasteiger partial charge in [0.1, 0.15) is 24.0 Å². The van der Waals surface area contributed by atoms with Gasteiger partial charge in [0.05, 0.1) is 24.7 Å². The van der Waals surface area contributed by atoms with Gasteiger partial charge in [0.15, 0.2) is 5.69 Å². The van der Waals surface area contributed by atoms with Crippen LogP contribution in [0, 0.1) is 11.6 Å². The van der Waals surface area contributed by atoms with Gasteiger partial charge in [-0.1, -0.05) is 11.6 Å². The maximum Gasteiger partial charge on any atom is 0.358 e. The number of ether oxygens (including phenoxy) is 2. The van der Waals surface area contributed by atoms with Crippen LogP contribution in [0.4, 0.5) is 8.78 Å². The number of carbonyl (C=O) groups is 1. The second-order valence-electron chi connectivity index (χ2n) is 7.49. The third-order valence-corrected chi connectivity index (χ3v) is 5.54. The maximum atomic E-state index is 14.0. The van der Waals surface area contributed by atoms with Crippen molar-refractivity contribution in [3.8, 4) is 5.75 Å². The minimum absolute atomic E-state index is 0.115. The molecule has 0 saturated heterocycles. The lowest BCUT2D eigenvalue weighted by Gasteiger charge is -2.15. The van der Waals surface area contributed by atoms with Crippen LogP contribution in [0.25, 0.3) is 11.1 Å². The molecule has 8 heteroatoms. The van der Waals surface area contributed by atoms with Crippen molar-refractivity contribution in [2.24, 2.45) is 0 Å². The fourth-order valence-corrected chi connectivity index (χ4v) is 3.98. The summed E-state index contributed by atoms with van der Waals surface area (Å²) in [7, 11) is 0. The summed E-state index contributed by atoms with van der Waals surface area (Å²) in [5.74, 6) is -1.12. The van der Waals surface area contributed by atoms with Gasteiger partial charge in [-0.05, 0) is 73.7 Å². The summed E-state index contributed by atoms with van der Waals surface area (Å²) in [6.07, 6.45) is 5.33. The summed E-state index contributed by atoms with van der Waals surface area (Å²) < 4.78 is 38.5. The third-order valence-electron chi connectivity index (χ3n) is 5.30. The molecule has 0 unspecified atom stereocenters. The van der Waals surface area contributed by atoms with Crippen molar-refractivity contribution in [3.05, 3.63) is 88.0 Å². The van der Waals surface area contributed by atoms with E-state index in [-0.39, 0.29) is 24.5 Å². The Labute approximate surface area is 195 Å². The van der Waals surface area contributed by atoms with E-state index in [1.54, 1.807) is 31.3 Å². The average Bonchev–Trinajstić information content (AvgIpc) is 3.30. The summed E-state index contributed by atoms with van der Waals surface area (Å²) in [5, 5.41) is 0.513. The van der Waals surface area contributed by atoms with Gasteiger partial charge in [-0.3, -0.25) is 4.98 Å². The molecule has 1 heterocycles. The summed E-state index contributed by atoms with van der Waals surface area (Å²) >= 11 is 6.28. The zero-order valence-corrected chi connectivity index (χ0v) is 18.7. The molecule has 1 aliphatic rings. The Morgan fingerprint density at radius 2 is 1.91 bits per heavy atom. The van der Waals surface area contributed by atoms with Crippen molar-refractivity contribution < 1.29 is 23.0 Å². The Kier molecular flexibility index (Phi) is 6.99. The normalized spacial score (nSPS) is 13.3. The predicted molar refractivity (Wildman–Crippen MR) is 121 cm³/mol.